The van der Waals surface area contributed by atoms with Gasteiger partial charge in [-0.15, -0.1) is 0 Å². The Kier molecular flexibility index (Phi) is 5.77. The van der Waals surface area contributed by atoms with E-state index in [0.29, 0.717) is 17.1 Å². The zero-order valence-corrected chi connectivity index (χ0v) is 14.0. The first-order valence-corrected chi connectivity index (χ1v) is 7.09. The molecule has 0 aromatic heterocycles. The summed E-state index contributed by atoms with van der Waals surface area (Å²) in [6, 6.07) is 1.53. The summed E-state index contributed by atoms with van der Waals surface area (Å²) in [7, 11) is 2.91. The summed E-state index contributed by atoms with van der Waals surface area (Å²) in [6.07, 6.45) is 0. The minimum atomic E-state index is -0.682. The van der Waals surface area contributed by atoms with Crippen LogP contribution >= 0.6 is 0 Å². The number of ether oxygens (including phenoxy) is 2. The average molecular weight is 312 g/mol. The summed E-state index contributed by atoms with van der Waals surface area (Å²) in [4.78, 5) is 12.1. The normalized spacial score (nSPS) is 14.2. The van der Waals surface area contributed by atoms with E-state index in [1.165, 1.54) is 26.4 Å². The van der Waals surface area contributed by atoms with E-state index in [4.69, 9.17) is 15.2 Å². The number of nitrogens with one attached hydrogen (secondary N) is 1. The molecule has 3 N–H and O–H groups in total. The number of halogens is 1. The predicted molar refractivity (Wildman–Crippen MR) is 83.5 cm³/mol. The third-order valence-corrected chi connectivity index (χ3v) is 3.54. The van der Waals surface area contributed by atoms with Gasteiger partial charge in [-0.3, -0.25) is 4.79 Å². The molecule has 0 aliphatic carbocycles. The van der Waals surface area contributed by atoms with E-state index in [1.807, 2.05) is 20.8 Å². The summed E-state index contributed by atoms with van der Waals surface area (Å²) in [5.41, 5.74) is 5.85. The van der Waals surface area contributed by atoms with Gasteiger partial charge in [-0.2, -0.15) is 0 Å². The standard InChI is InChI=1S/C16H25FN2O3/c1-9(19-15(20)14(18)16(2,3)4)10-7-12(21-5)13(22-6)8-11(10)17/h7-9,14H,18H2,1-6H3,(H,19,20)/t9?,14-/m1/s1. The zero-order chi connectivity index (χ0) is 17.1. The number of carbonyl (C=O) groups is 1. The summed E-state index contributed by atoms with van der Waals surface area (Å²) < 4.78 is 24.4. The number of hydrogen-bond donors (Lipinski definition) is 2. The third kappa shape index (κ3) is 4.10. The van der Waals surface area contributed by atoms with Crippen LogP contribution in [0, 0.1) is 11.2 Å². The van der Waals surface area contributed by atoms with Crippen molar-refractivity contribution in [3.63, 3.8) is 0 Å². The zero-order valence-electron chi connectivity index (χ0n) is 14.0. The van der Waals surface area contributed by atoms with Crippen LogP contribution < -0.4 is 20.5 Å². The van der Waals surface area contributed by atoms with Crippen molar-refractivity contribution < 1.29 is 18.7 Å². The van der Waals surface area contributed by atoms with Gasteiger partial charge < -0.3 is 20.5 Å². The second kappa shape index (κ2) is 6.96. The lowest BCUT2D eigenvalue weighted by atomic mass is 9.86. The molecule has 1 aromatic rings. The fourth-order valence-electron chi connectivity index (χ4n) is 1.98. The summed E-state index contributed by atoms with van der Waals surface area (Å²) in [5.74, 6) is -0.0993. The van der Waals surface area contributed by atoms with Crippen molar-refractivity contribution in [3.05, 3.63) is 23.5 Å². The lowest BCUT2D eigenvalue weighted by Crippen LogP contribution is -2.49. The molecule has 22 heavy (non-hydrogen) atoms. The molecule has 1 amide bonds. The largest absolute Gasteiger partial charge is 0.493 e. The van der Waals surface area contributed by atoms with Crippen LogP contribution in [0.3, 0.4) is 0 Å². The lowest BCUT2D eigenvalue weighted by Gasteiger charge is -2.27. The Morgan fingerprint density at radius 2 is 1.73 bits per heavy atom. The van der Waals surface area contributed by atoms with Gasteiger partial charge in [0.25, 0.3) is 0 Å². The van der Waals surface area contributed by atoms with Gasteiger partial charge in [0.15, 0.2) is 11.5 Å². The SMILES string of the molecule is COc1cc(F)c(C(C)NC(=O)[C@@H](N)C(C)(C)C)cc1OC. The van der Waals surface area contributed by atoms with Crippen molar-refractivity contribution in [1.82, 2.24) is 5.32 Å². The lowest BCUT2D eigenvalue weighted by molar-refractivity contribution is -0.125. The van der Waals surface area contributed by atoms with Crippen LogP contribution in [0.1, 0.15) is 39.3 Å². The van der Waals surface area contributed by atoms with Crippen LogP contribution in [0.5, 0.6) is 11.5 Å². The minimum absolute atomic E-state index is 0.300. The number of carbonyl (C=O) groups excluding carboxylic acids is 1. The molecule has 1 aromatic carbocycles. The average Bonchev–Trinajstić information content (AvgIpc) is 2.44. The maximum Gasteiger partial charge on any atom is 0.237 e. The third-order valence-electron chi connectivity index (χ3n) is 3.54. The van der Waals surface area contributed by atoms with Gasteiger partial charge in [-0.25, -0.2) is 4.39 Å². The predicted octanol–water partition coefficient (Wildman–Crippen LogP) is 2.39. The molecule has 0 spiro atoms. The monoisotopic (exact) mass is 312 g/mol. The first-order chi connectivity index (χ1) is 10.1. The molecular formula is C16H25FN2O3. The van der Waals surface area contributed by atoms with Crippen molar-refractivity contribution in [3.8, 4) is 11.5 Å². The molecule has 124 valence electrons. The van der Waals surface area contributed by atoms with Crippen molar-refractivity contribution in [2.75, 3.05) is 14.2 Å². The Morgan fingerprint density at radius 1 is 1.23 bits per heavy atom. The van der Waals surface area contributed by atoms with Crippen LogP contribution in [-0.4, -0.2) is 26.2 Å². The molecule has 0 saturated heterocycles. The van der Waals surface area contributed by atoms with E-state index < -0.39 is 17.9 Å². The highest BCUT2D eigenvalue weighted by Gasteiger charge is 2.29. The van der Waals surface area contributed by atoms with Crippen LogP contribution in [0.15, 0.2) is 12.1 Å². The van der Waals surface area contributed by atoms with E-state index in [-0.39, 0.29) is 11.3 Å². The Bertz CT molecular complexity index is 541. The van der Waals surface area contributed by atoms with Gasteiger partial charge >= 0.3 is 0 Å². The first kappa shape index (κ1) is 18.2. The van der Waals surface area contributed by atoms with E-state index in [9.17, 15) is 9.18 Å². The second-order valence-corrected chi connectivity index (χ2v) is 6.30. The molecule has 5 nitrogen and oxygen atoms in total. The molecule has 2 atom stereocenters. The van der Waals surface area contributed by atoms with Gasteiger partial charge in [0.2, 0.25) is 5.91 Å². The maximum atomic E-state index is 14.2. The van der Waals surface area contributed by atoms with Gasteiger partial charge in [-0.1, -0.05) is 20.8 Å². The molecule has 0 aliphatic heterocycles. The van der Waals surface area contributed by atoms with Crippen molar-refractivity contribution in [2.24, 2.45) is 11.1 Å². The van der Waals surface area contributed by atoms with Crippen LogP contribution in [0.4, 0.5) is 4.39 Å². The van der Waals surface area contributed by atoms with Gasteiger partial charge in [0.05, 0.1) is 26.3 Å². The van der Waals surface area contributed by atoms with E-state index in [1.54, 1.807) is 6.92 Å². The number of rotatable bonds is 5. The number of hydrogen-bond acceptors (Lipinski definition) is 4. The molecule has 1 unspecified atom stereocenters. The Labute approximate surface area is 131 Å². The van der Waals surface area contributed by atoms with Gasteiger partial charge in [0.1, 0.15) is 5.82 Å². The quantitative estimate of drug-likeness (QED) is 0.875. The molecule has 0 aliphatic rings. The highest BCUT2D eigenvalue weighted by atomic mass is 19.1. The van der Waals surface area contributed by atoms with Gasteiger partial charge in [-0.05, 0) is 18.4 Å². The molecular weight excluding hydrogens is 287 g/mol. The van der Waals surface area contributed by atoms with Crippen molar-refractivity contribution in [1.29, 1.82) is 0 Å². The first-order valence-electron chi connectivity index (χ1n) is 7.09. The van der Waals surface area contributed by atoms with Crippen molar-refractivity contribution >= 4 is 5.91 Å². The minimum Gasteiger partial charge on any atom is -0.493 e. The summed E-state index contributed by atoms with van der Waals surface area (Å²) in [5, 5.41) is 2.73. The number of methoxy groups -OCH3 is 2. The molecule has 0 saturated carbocycles. The topological polar surface area (TPSA) is 73.6 Å². The smallest absolute Gasteiger partial charge is 0.237 e. The fraction of sp³-hybridized carbons (Fsp3) is 0.562. The number of amides is 1. The Hall–Kier alpha value is -1.82. The molecule has 0 fully saturated rings. The van der Waals surface area contributed by atoms with Crippen molar-refractivity contribution in [2.45, 2.75) is 39.8 Å². The Morgan fingerprint density at radius 3 is 2.18 bits per heavy atom. The number of benzene rings is 1. The summed E-state index contributed by atoms with van der Waals surface area (Å²) >= 11 is 0. The van der Waals surface area contributed by atoms with Crippen LogP contribution in [-0.2, 0) is 4.79 Å². The van der Waals surface area contributed by atoms with Gasteiger partial charge in [0, 0.05) is 11.6 Å². The molecule has 6 heteroatoms. The fourth-order valence-corrected chi connectivity index (χ4v) is 1.98. The summed E-state index contributed by atoms with van der Waals surface area (Å²) in [6.45, 7) is 7.31. The van der Waals surface area contributed by atoms with Crippen LogP contribution in [0.2, 0.25) is 0 Å². The molecule has 1 rings (SSSR count). The highest BCUT2D eigenvalue weighted by Crippen LogP contribution is 2.32. The second-order valence-electron chi connectivity index (χ2n) is 6.30. The van der Waals surface area contributed by atoms with E-state index >= 15 is 0 Å². The van der Waals surface area contributed by atoms with E-state index in [0.717, 1.165) is 0 Å². The van der Waals surface area contributed by atoms with E-state index in [2.05, 4.69) is 5.32 Å². The molecule has 0 radical (unpaired) electrons. The molecule has 0 heterocycles. The number of nitrogens with two attached hydrogens (primary N) is 1. The highest BCUT2D eigenvalue weighted by molar-refractivity contribution is 5.82. The van der Waals surface area contributed by atoms with Crippen LogP contribution in [0.25, 0.3) is 0 Å². The molecule has 0 bridgehead atoms. The maximum absolute atomic E-state index is 14.2. The Balaban J connectivity index is 2.99.